The maximum atomic E-state index is 12.1. The van der Waals surface area contributed by atoms with Gasteiger partial charge in [0.15, 0.2) is 0 Å². The molecule has 0 heterocycles. The fraction of sp³-hybridized carbons (Fsp3) is 0.533. The molecule has 1 aliphatic carbocycles. The van der Waals surface area contributed by atoms with Gasteiger partial charge in [0, 0.05) is 19.6 Å². The molecule has 110 valence electrons. The Hall–Kier alpha value is -0.770. The number of rotatable bonds is 5. The first kappa shape index (κ1) is 15.6. The molecule has 0 aromatic heterocycles. The van der Waals surface area contributed by atoms with Crippen molar-refractivity contribution in [1.82, 2.24) is 10.2 Å². The highest BCUT2D eigenvalue weighted by atomic mass is 35.5. The zero-order chi connectivity index (χ0) is 14.5. The molecule has 0 unspecified atom stereocenters. The first-order chi connectivity index (χ1) is 9.58. The summed E-state index contributed by atoms with van der Waals surface area (Å²) in [6.07, 6.45) is 4.88. The second-order valence-electron chi connectivity index (χ2n) is 5.33. The van der Waals surface area contributed by atoms with Gasteiger partial charge in [-0.05, 0) is 24.5 Å². The van der Waals surface area contributed by atoms with Crippen molar-refractivity contribution < 1.29 is 4.79 Å². The number of carbonyl (C=O) groups excluding carboxylic acids is 1. The summed E-state index contributed by atoms with van der Waals surface area (Å²) in [7, 11) is 1.79. The highest BCUT2D eigenvalue weighted by molar-refractivity contribution is 6.42. The smallest absolute Gasteiger partial charge is 0.236 e. The number of nitrogens with one attached hydrogen (secondary N) is 1. The molecular weight excluding hydrogens is 295 g/mol. The lowest BCUT2D eigenvalue weighted by atomic mass is 10.2. The highest BCUT2D eigenvalue weighted by Gasteiger charge is 2.17. The maximum absolute atomic E-state index is 12.1. The van der Waals surface area contributed by atoms with Crippen LogP contribution in [0, 0.1) is 0 Å². The van der Waals surface area contributed by atoms with Crippen LogP contribution in [0.5, 0.6) is 0 Å². The first-order valence-corrected chi connectivity index (χ1v) is 7.73. The zero-order valence-electron chi connectivity index (χ0n) is 11.7. The van der Waals surface area contributed by atoms with Crippen LogP contribution in [-0.4, -0.2) is 30.4 Å². The van der Waals surface area contributed by atoms with Crippen molar-refractivity contribution in [3.05, 3.63) is 33.8 Å². The summed E-state index contributed by atoms with van der Waals surface area (Å²) < 4.78 is 0. The van der Waals surface area contributed by atoms with Crippen molar-refractivity contribution >= 4 is 29.1 Å². The molecule has 3 nitrogen and oxygen atoms in total. The number of halogens is 2. The van der Waals surface area contributed by atoms with Crippen molar-refractivity contribution in [2.24, 2.45) is 0 Å². The summed E-state index contributed by atoms with van der Waals surface area (Å²) in [6.45, 7) is 0.865. The molecular formula is C15H20Cl2N2O. The number of nitrogens with zero attached hydrogens (tertiary/aromatic N) is 1. The van der Waals surface area contributed by atoms with Crippen molar-refractivity contribution in [2.75, 3.05) is 13.6 Å². The van der Waals surface area contributed by atoms with Crippen LogP contribution in [0.25, 0.3) is 0 Å². The van der Waals surface area contributed by atoms with Crippen molar-refractivity contribution in [3.63, 3.8) is 0 Å². The molecule has 1 aromatic rings. The lowest BCUT2D eigenvalue weighted by Gasteiger charge is -2.20. The van der Waals surface area contributed by atoms with Crippen LogP contribution >= 0.6 is 23.2 Å². The van der Waals surface area contributed by atoms with Gasteiger partial charge in [0.05, 0.1) is 16.6 Å². The maximum Gasteiger partial charge on any atom is 0.236 e. The van der Waals surface area contributed by atoms with Crippen molar-refractivity contribution in [1.29, 1.82) is 0 Å². The molecule has 1 fully saturated rings. The van der Waals surface area contributed by atoms with Gasteiger partial charge < -0.3 is 10.2 Å². The van der Waals surface area contributed by atoms with Crippen LogP contribution < -0.4 is 5.32 Å². The van der Waals surface area contributed by atoms with E-state index in [1.165, 1.54) is 25.7 Å². The lowest BCUT2D eigenvalue weighted by Crippen LogP contribution is -2.38. The molecule has 0 aliphatic heterocycles. The standard InChI is InChI=1S/C15H20Cl2N2O/c1-19(10-11-5-4-8-13(16)15(11)17)14(20)9-18-12-6-2-3-7-12/h4-5,8,12,18H,2-3,6-7,9-10H2,1H3. The fourth-order valence-corrected chi connectivity index (χ4v) is 2.89. The molecule has 5 heteroatoms. The minimum atomic E-state index is 0.0768. The summed E-state index contributed by atoms with van der Waals surface area (Å²) in [6, 6.07) is 5.99. The van der Waals surface area contributed by atoms with Gasteiger partial charge in [-0.2, -0.15) is 0 Å². The minimum Gasteiger partial charge on any atom is -0.340 e. The van der Waals surface area contributed by atoms with Gasteiger partial charge in [-0.1, -0.05) is 48.2 Å². The molecule has 20 heavy (non-hydrogen) atoms. The van der Waals surface area contributed by atoms with Gasteiger partial charge in [0.25, 0.3) is 0 Å². The monoisotopic (exact) mass is 314 g/mol. The van der Waals surface area contributed by atoms with Crippen molar-refractivity contribution in [2.45, 2.75) is 38.3 Å². The van der Waals surface area contributed by atoms with E-state index in [1.54, 1.807) is 18.0 Å². The van der Waals surface area contributed by atoms with Crippen LogP contribution in [0.15, 0.2) is 18.2 Å². The SMILES string of the molecule is CN(Cc1cccc(Cl)c1Cl)C(=O)CNC1CCCC1. The quantitative estimate of drug-likeness (QED) is 0.902. The van der Waals surface area contributed by atoms with Gasteiger partial charge in [0.2, 0.25) is 5.91 Å². The number of likely N-dealkylation sites (N-methyl/N-ethyl adjacent to an activating group) is 1. The normalized spacial score (nSPS) is 15.6. The predicted octanol–water partition coefficient (Wildman–Crippen LogP) is 3.48. The van der Waals surface area contributed by atoms with E-state index in [1.807, 2.05) is 12.1 Å². The van der Waals surface area contributed by atoms with Crippen LogP contribution in [0.2, 0.25) is 10.0 Å². The van der Waals surface area contributed by atoms with E-state index in [4.69, 9.17) is 23.2 Å². The van der Waals surface area contributed by atoms with E-state index in [-0.39, 0.29) is 5.91 Å². The topological polar surface area (TPSA) is 32.3 Å². The number of hydrogen-bond acceptors (Lipinski definition) is 2. The molecule has 0 atom stereocenters. The van der Waals surface area contributed by atoms with Crippen LogP contribution in [-0.2, 0) is 11.3 Å². The molecule has 0 spiro atoms. The average molecular weight is 315 g/mol. The number of benzene rings is 1. The summed E-state index contributed by atoms with van der Waals surface area (Å²) in [5.41, 5.74) is 0.871. The number of hydrogen-bond donors (Lipinski definition) is 1. The van der Waals surface area contributed by atoms with E-state index in [9.17, 15) is 4.79 Å². The van der Waals surface area contributed by atoms with E-state index in [2.05, 4.69) is 5.32 Å². The number of carbonyl (C=O) groups is 1. The summed E-state index contributed by atoms with van der Waals surface area (Å²) >= 11 is 12.1. The highest BCUT2D eigenvalue weighted by Crippen LogP contribution is 2.26. The van der Waals surface area contributed by atoms with E-state index >= 15 is 0 Å². The third kappa shape index (κ3) is 4.11. The largest absolute Gasteiger partial charge is 0.340 e. The Morgan fingerprint density at radius 3 is 2.75 bits per heavy atom. The lowest BCUT2D eigenvalue weighted by molar-refractivity contribution is -0.129. The fourth-order valence-electron chi connectivity index (χ4n) is 2.51. The Kier molecular flexibility index (Phi) is 5.70. The summed E-state index contributed by atoms with van der Waals surface area (Å²) in [4.78, 5) is 13.8. The van der Waals surface area contributed by atoms with Crippen LogP contribution in [0.3, 0.4) is 0 Å². The molecule has 0 radical (unpaired) electrons. The van der Waals surface area contributed by atoms with E-state index < -0.39 is 0 Å². The third-order valence-corrected chi connectivity index (χ3v) is 4.62. The Morgan fingerprint density at radius 2 is 2.05 bits per heavy atom. The Labute approximate surface area is 130 Å². The minimum absolute atomic E-state index is 0.0768. The van der Waals surface area contributed by atoms with Gasteiger partial charge in [0.1, 0.15) is 0 Å². The van der Waals surface area contributed by atoms with Gasteiger partial charge in [-0.15, -0.1) is 0 Å². The molecule has 1 N–H and O–H groups in total. The van der Waals surface area contributed by atoms with Crippen LogP contribution in [0.1, 0.15) is 31.2 Å². The second-order valence-corrected chi connectivity index (χ2v) is 6.11. The molecule has 0 bridgehead atoms. The summed E-state index contributed by atoms with van der Waals surface area (Å²) in [5.74, 6) is 0.0768. The Bertz CT molecular complexity index is 473. The Balaban J connectivity index is 1.85. The molecule has 1 aromatic carbocycles. The van der Waals surface area contributed by atoms with Crippen LogP contribution in [0.4, 0.5) is 0 Å². The zero-order valence-corrected chi connectivity index (χ0v) is 13.2. The number of amides is 1. The van der Waals surface area contributed by atoms with E-state index in [0.717, 1.165) is 5.56 Å². The van der Waals surface area contributed by atoms with E-state index in [0.29, 0.717) is 29.2 Å². The van der Waals surface area contributed by atoms with Crippen molar-refractivity contribution in [3.8, 4) is 0 Å². The molecule has 0 saturated heterocycles. The Morgan fingerprint density at radius 1 is 1.35 bits per heavy atom. The first-order valence-electron chi connectivity index (χ1n) is 6.98. The van der Waals surface area contributed by atoms with Gasteiger partial charge in [-0.25, -0.2) is 0 Å². The third-order valence-electron chi connectivity index (χ3n) is 3.76. The average Bonchev–Trinajstić information content (AvgIpc) is 2.94. The second kappa shape index (κ2) is 7.30. The molecule has 1 amide bonds. The van der Waals surface area contributed by atoms with Gasteiger partial charge >= 0.3 is 0 Å². The predicted molar refractivity (Wildman–Crippen MR) is 83.2 cm³/mol. The molecule has 1 aliphatic rings. The summed E-state index contributed by atoms with van der Waals surface area (Å²) in [5, 5.41) is 4.37. The van der Waals surface area contributed by atoms with Gasteiger partial charge in [-0.3, -0.25) is 4.79 Å². The molecule has 2 rings (SSSR count). The molecule has 1 saturated carbocycles.